The third-order valence-corrected chi connectivity index (χ3v) is 7.47. The number of ether oxygens (including phenoxy) is 2. The minimum Gasteiger partial charge on any atom is -0.494 e. The average Bonchev–Trinajstić information content (AvgIpc) is 3.49. The smallest absolute Gasteiger partial charge is 0.227 e. The van der Waals surface area contributed by atoms with Crippen LogP contribution in [0.4, 0.5) is 17.3 Å². The van der Waals surface area contributed by atoms with Gasteiger partial charge in [-0.05, 0) is 43.0 Å². The van der Waals surface area contributed by atoms with E-state index in [1.807, 2.05) is 24.4 Å². The third kappa shape index (κ3) is 4.53. The number of aliphatic hydroxyl groups excluding tert-OH is 1. The van der Waals surface area contributed by atoms with E-state index in [2.05, 4.69) is 33.2 Å². The standard InChI is InChI=1S/C26H30ClN5O3/c1-26(15-33)7-4-21-18(26)10-16(13-29-21)20-5-8-28-25(30-20)31-22-11-19(27)23(12-24(22)35-3)32-9-6-17(14-32)34-2/h5,8,10-13,17,33H,4,6-7,9,14-15H2,1-3H3,(H,28,30,31). The van der Waals surface area contributed by atoms with Crippen LogP contribution in [0.5, 0.6) is 5.75 Å². The Balaban J connectivity index is 1.41. The van der Waals surface area contributed by atoms with Gasteiger partial charge >= 0.3 is 0 Å². The Hall–Kier alpha value is -2.94. The maximum absolute atomic E-state index is 9.93. The molecule has 1 aliphatic heterocycles. The molecule has 0 amide bonds. The number of aliphatic hydroxyl groups is 1. The fraction of sp³-hybridized carbons (Fsp3) is 0.423. The first kappa shape index (κ1) is 23.8. The summed E-state index contributed by atoms with van der Waals surface area (Å²) >= 11 is 6.67. The van der Waals surface area contributed by atoms with Crippen LogP contribution in [-0.2, 0) is 16.6 Å². The molecule has 184 valence electrons. The predicted octanol–water partition coefficient (Wildman–Crippen LogP) is 4.37. The van der Waals surface area contributed by atoms with E-state index in [0.29, 0.717) is 22.4 Å². The van der Waals surface area contributed by atoms with Crippen LogP contribution in [0, 0.1) is 0 Å². The number of hydrogen-bond donors (Lipinski definition) is 2. The summed E-state index contributed by atoms with van der Waals surface area (Å²) in [6.07, 6.45) is 6.49. The van der Waals surface area contributed by atoms with Gasteiger partial charge in [-0.3, -0.25) is 4.98 Å². The second kappa shape index (κ2) is 9.60. The topological polar surface area (TPSA) is 92.6 Å². The molecule has 2 atom stereocenters. The molecule has 0 radical (unpaired) electrons. The highest BCUT2D eigenvalue weighted by atomic mass is 35.5. The molecule has 2 aliphatic rings. The molecule has 2 N–H and O–H groups in total. The van der Waals surface area contributed by atoms with E-state index < -0.39 is 0 Å². The van der Waals surface area contributed by atoms with Crippen LogP contribution in [0.1, 0.15) is 31.0 Å². The molecule has 1 saturated heterocycles. The maximum Gasteiger partial charge on any atom is 0.227 e. The Morgan fingerprint density at radius 2 is 2.11 bits per heavy atom. The molecule has 9 heteroatoms. The number of pyridine rings is 1. The Kier molecular flexibility index (Phi) is 6.53. The van der Waals surface area contributed by atoms with Crippen molar-refractivity contribution in [2.75, 3.05) is 44.1 Å². The van der Waals surface area contributed by atoms with Gasteiger partial charge < -0.3 is 24.8 Å². The summed E-state index contributed by atoms with van der Waals surface area (Å²) in [4.78, 5) is 16.0. The Morgan fingerprint density at radius 3 is 2.86 bits per heavy atom. The lowest BCUT2D eigenvalue weighted by atomic mass is 9.85. The summed E-state index contributed by atoms with van der Waals surface area (Å²) in [5, 5.41) is 13.8. The van der Waals surface area contributed by atoms with Crippen molar-refractivity contribution in [2.24, 2.45) is 0 Å². The van der Waals surface area contributed by atoms with E-state index in [4.69, 9.17) is 26.1 Å². The SMILES string of the molecule is COc1cc(N2CCC(OC)C2)c(Cl)cc1Nc1nccc(-c2cnc3c(c2)C(C)(CO)CC3)n1. The van der Waals surface area contributed by atoms with E-state index in [1.54, 1.807) is 20.4 Å². The van der Waals surface area contributed by atoms with Crippen molar-refractivity contribution in [3.63, 3.8) is 0 Å². The van der Waals surface area contributed by atoms with E-state index in [-0.39, 0.29) is 18.1 Å². The normalized spacial score (nSPS) is 21.3. The Labute approximate surface area is 210 Å². The van der Waals surface area contributed by atoms with Gasteiger partial charge in [0.15, 0.2) is 0 Å². The van der Waals surface area contributed by atoms with Crippen LogP contribution >= 0.6 is 11.6 Å². The monoisotopic (exact) mass is 495 g/mol. The first-order valence-corrected chi connectivity index (χ1v) is 12.2. The van der Waals surface area contributed by atoms with Crippen molar-refractivity contribution in [2.45, 2.75) is 37.7 Å². The van der Waals surface area contributed by atoms with Gasteiger partial charge in [0.1, 0.15) is 5.75 Å². The van der Waals surface area contributed by atoms with E-state index in [0.717, 1.165) is 60.6 Å². The van der Waals surface area contributed by atoms with Crippen LogP contribution in [0.15, 0.2) is 36.7 Å². The Morgan fingerprint density at radius 1 is 1.26 bits per heavy atom. The first-order chi connectivity index (χ1) is 16.9. The average molecular weight is 496 g/mol. The molecule has 3 heterocycles. The summed E-state index contributed by atoms with van der Waals surface area (Å²) in [6, 6.07) is 7.72. The number of aryl methyl sites for hydroxylation is 1. The van der Waals surface area contributed by atoms with Gasteiger partial charge in [-0.15, -0.1) is 0 Å². The summed E-state index contributed by atoms with van der Waals surface area (Å²) in [7, 11) is 3.37. The molecule has 0 saturated carbocycles. The number of nitrogens with zero attached hydrogens (tertiary/aromatic N) is 4. The number of methoxy groups -OCH3 is 2. The first-order valence-electron chi connectivity index (χ1n) is 11.8. The van der Waals surface area contributed by atoms with Gasteiger partial charge in [0.05, 0.1) is 41.9 Å². The molecule has 5 rings (SSSR count). The minimum absolute atomic E-state index is 0.0990. The van der Waals surface area contributed by atoms with Crippen molar-refractivity contribution in [1.29, 1.82) is 0 Å². The lowest BCUT2D eigenvalue weighted by Crippen LogP contribution is -2.23. The quantitative estimate of drug-likeness (QED) is 0.499. The van der Waals surface area contributed by atoms with Crippen molar-refractivity contribution < 1.29 is 14.6 Å². The Bertz CT molecular complexity index is 1240. The number of halogens is 1. The molecule has 1 fully saturated rings. The van der Waals surface area contributed by atoms with Crippen LogP contribution < -0.4 is 15.0 Å². The van der Waals surface area contributed by atoms with Crippen LogP contribution in [-0.4, -0.2) is 60.1 Å². The highest BCUT2D eigenvalue weighted by Gasteiger charge is 2.35. The summed E-state index contributed by atoms with van der Waals surface area (Å²) in [5.74, 6) is 1.08. The molecular formula is C26H30ClN5O3. The fourth-order valence-electron chi connectivity index (χ4n) is 4.94. The van der Waals surface area contributed by atoms with Crippen LogP contribution in [0.25, 0.3) is 11.3 Å². The summed E-state index contributed by atoms with van der Waals surface area (Å²) in [6.45, 7) is 3.85. The van der Waals surface area contributed by atoms with Crippen molar-refractivity contribution in [1.82, 2.24) is 15.0 Å². The zero-order valence-electron chi connectivity index (χ0n) is 20.2. The largest absolute Gasteiger partial charge is 0.494 e. The van der Waals surface area contributed by atoms with Gasteiger partial charge in [0, 0.05) is 55.3 Å². The molecule has 0 spiro atoms. The van der Waals surface area contributed by atoms with E-state index in [1.165, 1.54) is 0 Å². The number of nitrogens with one attached hydrogen (secondary N) is 1. The van der Waals surface area contributed by atoms with Crippen molar-refractivity contribution in [3.8, 4) is 17.0 Å². The third-order valence-electron chi connectivity index (χ3n) is 7.17. The molecule has 8 nitrogen and oxygen atoms in total. The minimum atomic E-state index is -0.267. The molecular weight excluding hydrogens is 466 g/mol. The number of hydrogen-bond acceptors (Lipinski definition) is 8. The zero-order valence-corrected chi connectivity index (χ0v) is 21.0. The fourth-order valence-corrected chi connectivity index (χ4v) is 5.22. The second-order valence-corrected chi connectivity index (χ2v) is 9.83. The number of aromatic nitrogens is 3. The molecule has 3 aromatic rings. The van der Waals surface area contributed by atoms with E-state index >= 15 is 0 Å². The molecule has 35 heavy (non-hydrogen) atoms. The number of fused-ring (bicyclic) bond motifs is 1. The summed E-state index contributed by atoms with van der Waals surface area (Å²) in [5.41, 5.74) is 5.10. The molecule has 1 aromatic carbocycles. The van der Waals surface area contributed by atoms with Gasteiger partial charge in [0.25, 0.3) is 0 Å². The second-order valence-electron chi connectivity index (χ2n) is 9.42. The molecule has 0 bridgehead atoms. The van der Waals surface area contributed by atoms with Crippen LogP contribution in [0.3, 0.4) is 0 Å². The molecule has 2 unspecified atom stereocenters. The molecule has 2 aromatic heterocycles. The highest BCUT2D eigenvalue weighted by molar-refractivity contribution is 6.33. The van der Waals surface area contributed by atoms with Crippen molar-refractivity contribution >= 4 is 28.9 Å². The lowest BCUT2D eigenvalue weighted by molar-refractivity contribution is 0.121. The number of anilines is 3. The predicted molar refractivity (Wildman–Crippen MR) is 137 cm³/mol. The van der Waals surface area contributed by atoms with Gasteiger partial charge in [-0.25, -0.2) is 9.97 Å². The molecule has 1 aliphatic carbocycles. The number of benzene rings is 1. The van der Waals surface area contributed by atoms with Gasteiger partial charge in [0.2, 0.25) is 5.95 Å². The number of rotatable bonds is 7. The zero-order chi connectivity index (χ0) is 24.6. The van der Waals surface area contributed by atoms with Gasteiger partial charge in [-0.1, -0.05) is 18.5 Å². The van der Waals surface area contributed by atoms with Gasteiger partial charge in [-0.2, -0.15) is 0 Å². The highest BCUT2D eigenvalue weighted by Crippen LogP contribution is 2.40. The maximum atomic E-state index is 9.93. The van der Waals surface area contributed by atoms with Crippen molar-refractivity contribution in [3.05, 3.63) is 52.9 Å². The van der Waals surface area contributed by atoms with Crippen LogP contribution in [0.2, 0.25) is 5.02 Å². The summed E-state index contributed by atoms with van der Waals surface area (Å²) < 4.78 is 11.1. The van der Waals surface area contributed by atoms with E-state index in [9.17, 15) is 5.11 Å². The lowest BCUT2D eigenvalue weighted by Gasteiger charge is -2.22.